The SMILES string of the molecule is CCN(C(=O)N(C)CC(=O)O)C1CC1. The zero-order valence-electron chi connectivity index (χ0n) is 8.56. The predicted molar refractivity (Wildman–Crippen MR) is 51.1 cm³/mol. The van der Waals surface area contributed by atoms with Gasteiger partial charge in [0, 0.05) is 19.6 Å². The van der Waals surface area contributed by atoms with E-state index >= 15 is 0 Å². The van der Waals surface area contributed by atoms with Gasteiger partial charge in [-0.15, -0.1) is 0 Å². The van der Waals surface area contributed by atoms with E-state index in [9.17, 15) is 9.59 Å². The van der Waals surface area contributed by atoms with Crippen molar-refractivity contribution in [3.8, 4) is 0 Å². The van der Waals surface area contributed by atoms with Crippen LogP contribution in [0, 0.1) is 0 Å². The van der Waals surface area contributed by atoms with E-state index in [0.717, 1.165) is 12.8 Å². The van der Waals surface area contributed by atoms with Crippen LogP contribution in [0.5, 0.6) is 0 Å². The Morgan fingerprint density at radius 3 is 2.36 bits per heavy atom. The fourth-order valence-corrected chi connectivity index (χ4v) is 1.43. The Balaban J connectivity index is 2.48. The third-order valence-corrected chi connectivity index (χ3v) is 2.27. The molecule has 0 aliphatic heterocycles. The molecule has 1 saturated carbocycles. The van der Waals surface area contributed by atoms with Gasteiger partial charge in [-0.1, -0.05) is 0 Å². The van der Waals surface area contributed by atoms with Crippen molar-refractivity contribution in [2.75, 3.05) is 20.1 Å². The van der Waals surface area contributed by atoms with Gasteiger partial charge in [0.25, 0.3) is 0 Å². The summed E-state index contributed by atoms with van der Waals surface area (Å²) in [5, 5.41) is 8.53. The van der Waals surface area contributed by atoms with Crippen LogP contribution in [0.2, 0.25) is 0 Å². The van der Waals surface area contributed by atoms with Crippen molar-refractivity contribution in [1.82, 2.24) is 9.80 Å². The number of carbonyl (C=O) groups is 2. The third-order valence-electron chi connectivity index (χ3n) is 2.27. The lowest BCUT2D eigenvalue weighted by molar-refractivity contribution is -0.137. The summed E-state index contributed by atoms with van der Waals surface area (Å²) in [5.41, 5.74) is 0. The average Bonchev–Trinajstić information content (AvgIpc) is 2.88. The van der Waals surface area contributed by atoms with Crippen molar-refractivity contribution in [3.05, 3.63) is 0 Å². The molecule has 0 aromatic rings. The number of nitrogens with zero attached hydrogens (tertiary/aromatic N) is 2. The molecule has 0 spiro atoms. The van der Waals surface area contributed by atoms with Crippen LogP contribution in [0.4, 0.5) is 4.79 Å². The Morgan fingerprint density at radius 2 is 2.00 bits per heavy atom. The Kier molecular flexibility index (Phi) is 3.33. The van der Waals surface area contributed by atoms with Gasteiger partial charge < -0.3 is 14.9 Å². The van der Waals surface area contributed by atoms with Gasteiger partial charge in [-0.25, -0.2) is 4.79 Å². The monoisotopic (exact) mass is 200 g/mol. The molecule has 0 heterocycles. The van der Waals surface area contributed by atoms with Gasteiger partial charge in [-0.05, 0) is 19.8 Å². The summed E-state index contributed by atoms with van der Waals surface area (Å²) < 4.78 is 0. The quantitative estimate of drug-likeness (QED) is 0.723. The third kappa shape index (κ3) is 2.61. The minimum atomic E-state index is -0.979. The lowest BCUT2D eigenvalue weighted by Crippen LogP contribution is -2.44. The Bertz CT molecular complexity index is 238. The van der Waals surface area contributed by atoms with Crippen LogP contribution >= 0.6 is 0 Å². The zero-order chi connectivity index (χ0) is 10.7. The molecule has 0 saturated heterocycles. The smallest absolute Gasteiger partial charge is 0.323 e. The second-order valence-electron chi connectivity index (χ2n) is 3.55. The molecular weight excluding hydrogens is 184 g/mol. The summed E-state index contributed by atoms with van der Waals surface area (Å²) in [7, 11) is 1.52. The molecule has 5 nitrogen and oxygen atoms in total. The van der Waals surface area contributed by atoms with Crippen LogP contribution in [0.3, 0.4) is 0 Å². The van der Waals surface area contributed by atoms with Crippen LogP contribution in [0.1, 0.15) is 19.8 Å². The highest BCUT2D eigenvalue weighted by atomic mass is 16.4. The minimum Gasteiger partial charge on any atom is -0.480 e. The molecule has 14 heavy (non-hydrogen) atoms. The first-order valence-electron chi connectivity index (χ1n) is 4.79. The molecule has 0 aromatic heterocycles. The molecular formula is C9H16N2O3. The number of rotatable bonds is 4. The molecule has 2 amide bonds. The van der Waals surface area contributed by atoms with Gasteiger partial charge in [-0.2, -0.15) is 0 Å². The van der Waals surface area contributed by atoms with E-state index < -0.39 is 5.97 Å². The summed E-state index contributed by atoms with van der Waals surface area (Å²) in [6, 6.07) is 0.154. The first kappa shape index (κ1) is 10.8. The van der Waals surface area contributed by atoms with Gasteiger partial charge in [0.15, 0.2) is 0 Å². The molecule has 80 valence electrons. The summed E-state index contributed by atoms with van der Waals surface area (Å²) in [6.45, 7) is 2.32. The second kappa shape index (κ2) is 4.30. The van der Waals surface area contributed by atoms with Crippen molar-refractivity contribution in [2.45, 2.75) is 25.8 Å². The lowest BCUT2D eigenvalue weighted by atomic mass is 10.5. The predicted octanol–water partition coefficient (Wildman–Crippen LogP) is 0.607. The second-order valence-corrected chi connectivity index (χ2v) is 3.55. The van der Waals surface area contributed by atoms with Crippen molar-refractivity contribution in [3.63, 3.8) is 0 Å². The van der Waals surface area contributed by atoms with E-state index in [1.807, 2.05) is 6.92 Å². The van der Waals surface area contributed by atoms with E-state index in [1.54, 1.807) is 4.90 Å². The Labute approximate surface area is 83.3 Å². The van der Waals surface area contributed by atoms with Crippen LogP contribution in [0.15, 0.2) is 0 Å². The van der Waals surface area contributed by atoms with E-state index in [1.165, 1.54) is 11.9 Å². The number of carboxylic acid groups (broad SMARTS) is 1. The van der Waals surface area contributed by atoms with Crippen molar-refractivity contribution in [1.29, 1.82) is 0 Å². The normalized spacial score (nSPS) is 15.0. The molecule has 0 radical (unpaired) electrons. The Hall–Kier alpha value is -1.26. The van der Waals surface area contributed by atoms with Gasteiger partial charge in [-0.3, -0.25) is 4.79 Å². The standard InChI is InChI=1S/C9H16N2O3/c1-3-11(7-4-5-7)9(14)10(2)6-8(12)13/h7H,3-6H2,1-2H3,(H,12,13). The number of hydrogen-bond donors (Lipinski definition) is 1. The number of carbonyl (C=O) groups excluding carboxylic acids is 1. The summed E-state index contributed by atoms with van der Waals surface area (Å²) in [4.78, 5) is 25.0. The van der Waals surface area contributed by atoms with Gasteiger partial charge >= 0.3 is 12.0 Å². The van der Waals surface area contributed by atoms with Gasteiger partial charge in [0.1, 0.15) is 6.54 Å². The van der Waals surface area contributed by atoms with Crippen LogP contribution in [0.25, 0.3) is 0 Å². The first-order valence-corrected chi connectivity index (χ1v) is 4.79. The molecule has 0 aromatic carbocycles. The fourth-order valence-electron chi connectivity index (χ4n) is 1.43. The van der Waals surface area contributed by atoms with Crippen LogP contribution < -0.4 is 0 Å². The highest BCUT2D eigenvalue weighted by Crippen LogP contribution is 2.27. The maximum atomic E-state index is 11.7. The van der Waals surface area contributed by atoms with Crippen molar-refractivity contribution < 1.29 is 14.7 Å². The number of amides is 2. The molecule has 1 aliphatic carbocycles. The summed E-state index contributed by atoms with van der Waals surface area (Å²) in [5.74, 6) is -0.979. The average molecular weight is 200 g/mol. The topological polar surface area (TPSA) is 60.9 Å². The van der Waals surface area contributed by atoms with Crippen LogP contribution in [-0.2, 0) is 4.79 Å². The molecule has 0 unspecified atom stereocenters. The number of carboxylic acids is 1. The van der Waals surface area contributed by atoms with E-state index in [4.69, 9.17) is 5.11 Å². The van der Waals surface area contributed by atoms with Gasteiger partial charge in [0.2, 0.25) is 0 Å². The highest BCUT2D eigenvalue weighted by molar-refractivity contribution is 5.80. The maximum Gasteiger partial charge on any atom is 0.323 e. The van der Waals surface area contributed by atoms with E-state index in [-0.39, 0.29) is 12.6 Å². The van der Waals surface area contributed by atoms with E-state index in [2.05, 4.69) is 0 Å². The van der Waals surface area contributed by atoms with Gasteiger partial charge in [0.05, 0.1) is 0 Å². The number of likely N-dealkylation sites (N-methyl/N-ethyl adjacent to an activating group) is 1. The number of hydrogen-bond acceptors (Lipinski definition) is 2. The largest absolute Gasteiger partial charge is 0.480 e. The molecule has 1 fully saturated rings. The zero-order valence-corrected chi connectivity index (χ0v) is 8.56. The molecule has 1 rings (SSSR count). The highest BCUT2D eigenvalue weighted by Gasteiger charge is 2.33. The lowest BCUT2D eigenvalue weighted by Gasteiger charge is -2.26. The van der Waals surface area contributed by atoms with Crippen molar-refractivity contribution >= 4 is 12.0 Å². The molecule has 1 aliphatic rings. The number of aliphatic carboxylic acids is 1. The molecule has 0 bridgehead atoms. The first-order chi connectivity index (χ1) is 6.56. The molecule has 5 heteroatoms. The number of urea groups is 1. The molecule has 1 N–H and O–H groups in total. The fraction of sp³-hybridized carbons (Fsp3) is 0.778. The summed E-state index contributed by atoms with van der Waals surface area (Å²) in [6.07, 6.45) is 2.08. The molecule has 0 atom stereocenters. The summed E-state index contributed by atoms with van der Waals surface area (Å²) >= 11 is 0. The van der Waals surface area contributed by atoms with Crippen LogP contribution in [-0.4, -0.2) is 53.1 Å². The Morgan fingerprint density at radius 1 is 1.43 bits per heavy atom. The van der Waals surface area contributed by atoms with E-state index in [0.29, 0.717) is 12.6 Å². The van der Waals surface area contributed by atoms with Crippen molar-refractivity contribution in [2.24, 2.45) is 0 Å². The minimum absolute atomic E-state index is 0.183. The maximum absolute atomic E-state index is 11.7.